The lowest BCUT2D eigenvalue weighted by Gasteiger charge is -2.27. The molecule has 0 saturated carbocycles. The van der Waals surface area contributed by atoms with Gasteiger partial charge in [-0.2, -0.15) is 0 Å². The molecule has 0 saturated heterocycles. The maximum Gasteiger partial charge on any atom is 0.290 e. The second kappa shape index (κ2) is 8.83. The summed E-state index contributed by atoms with van der Waals surface area (Å²) >= 11 is 1.30. The highest BCUT2D eigenvalue weighted by Gasteiger charge is 2.43. The number of benzene rings is 2. The van der Waals surface area contributed by atoms with E-state index >= 15 is 0 Å². The highest BCUT2D eigenvalue weighted by Crippen LogP contribution is 2.40. The molecule has 34 heavy (non-hydrogen) atoms. The smallest absolute Gasteiger partial charge is 0.290 e. The van der Waals surface area contributed by atoms with Crippen LogP contribution < -0.4 is 4.74 Å². The van der Waals surface area contributed by atoms with Crippen LogP contribution in [0.25, 0.3) is 10.9 Å². The standard InChI is InChI=1S/C27H24N2O4S/c1-16-5-7-17(8-6-16)24-23(25(30)22-4-3-13-34-22)26(31)27(32)29(24)12-11-18-15-28-21-10-9-19(33-2)14-20(18)21/h3-10,13-15,24,28,31H,11-12H2,1-2H3. The average molecular weight is 473 g/mol. The molecular weight excluding hydrogens is 448 g/mol. The van der Waals surface area contributed by atoms with Crippen molar-refractivity contribution in [2.45, 2.75) is 19.4 Å². The lowest BCUT2D eigenvalue weighted by molar-refractivity contribution is -0.129. The van der Waals surface area contributed by atoms with E-state index in [0.29, 0.717) is 17.8 Å². The van der Waals surface area contributed by atoms with Crippen molar-refractivity contribution in [3.63, 3.8) is 0 Å². The Bertz CT molecular complexity index is 1400. The highest BCUT2D eigenvalue weighted by molar-refractivity contribution is 7.12. The zero-order chi connectivity index (χ0) is 23.8. The van der Waals surface area contributed by atoms with E-state index < -0.39 is 17.7 Å². The van der Waals surface area contributed by atoms with Crippen molar-refractivity contribution < 1.29 is 19.4 Å². The fourth-order valence-electron chi connectivity index (χ4n) is 4.48. The van der Waals surface area contributed by atoms with E-state index in [-0.39, 0.29) is 11.4 Å². The summed E-state index contributed by atoms with van der Waals surface area (Å²) in [6.45, 7) is 2.32. The van der Waals surface area contributed by atoms with Crippen LogP contribution in [-0.4, -0.2) is 40.3 Å². The van der Waals surface area contributed by atoms with Gasteiger partial charge in [-0.15, -0.1) is 11.3 Å². The van der Waals surface area contributed by atoms with Crippen molar-refractivity contribution in [2.24, 2.45) is 0 Å². The number of carbonyl (C=O) groups is 2. The molecule has 0 aliphatic carbocycles. The third-order valence-corrected chi connectivity index (χ3v) is 7.15. The number of ketones is 1. The molecule has 5 rings (SSSR count). The number of aryl methyl sites for hydroxylation is 1. The number of hydrogen-bond acceptors (Lipinski definition) is 5. The van der Waals surface area contributed by atoms with Crippen LogP contribution in [0.5, 0.6) is 5.75 Å². The maximum absolute atomic E-state index is 13.3. The largest absolute Gasteiger partial charge is 0.503 e. The van der Waals surface area contributed by atoms with E-state index in [0.717, 1.165) is 33.3 Å². The quantitative estimate of drug-likeness (QED) is 0.355. The molecule has 2 N–H and O–H groups in total. The van der Waals surface area contributed by atoms with Gasteiger partial charge >= 0.3 is 0 Å². The summed E-state index contributed by atoms with van der Waals surface area (Å²) in [5, 5.41) is 13.7. The third-order valence-electron chi connectivity index (χ3n) is 6.28. The van der Waals surface area contributed by atoms with E-state index in [2.05, 4.69) is 4.98 Å². The number of aromatic amines is 1. The van der Waals surface area contributed by atoms with Crippen LogP contribution >= 0.6 is 11.3 Å². The first kappa shape index (κ1) is 22.0. The predicted octanol–water partition coefficient (Wildman–Crippen LogP) is 5.37. The van der Waals surface area contributed by atoms with Gasteiger partial charge in [0, 0.05) is 23.6 Å². The van der Waals surface area contributed by atoms with Crippen LogP contribution in [0, 0.1) is 6.92 Å². The van der Waals surface area contributed by atoms with Crippen molar-refractivity contribution in [3.05, 3.63) is 99.1 Å². The molecule has 1 aliphatic heterocycles. The van der Waals surface area contributed by atoms with Gasteiger partial charge in [0.05, 0.1) is 23.6 Å². The van der Waals surface area contributed by atoms with E-state index in [1.807, 2.05) is 61.0 Å². The van der Waals surface area contributed by atoms with Crippen molar-refractivity contribution >= 4 is 33.9 Å². The predicted molar refractivity (Wildman–Crippen MR) is 132 cm³/mol. The van der Waals surface area contributed by atoms with Gasteiger partial charge in [0.25, 0.3) is 5.91 Å². The number of ether oxygens (including phenoxy) is 1. The van der Waals surface area contributed by atoms with E-state index in [1.54, 1.807) is 24.1 Å². The number of aliphatic hydroxyl groups excluding tert-OH is 1. The summed E-state index contributed by atoms with van der Waals surface area (Å²) in [6, 6.07) is 16.4. The molecular formula is C27H24N2O4S. The van der Waals surface area contributed by atoms with Crippen molar-refractivity contribution in [2.75, 3.05) is 13.7 Å². The number of thiophene rings is 1. The van der Waals surface area contributed by atoms with Crippen LogP contribution in [0.15, 0.2) is 77.5 Å². The number of methoxy groups -OCH3 is 1. The number of rotatable bonds is 7. The molecule has 4 aromatic rings. The topological polar surface area (TPSA) is 82.6 Å². The molecule has 0 fully saturated rings. The Morgan fingerprint density at radius 2 is 1.97 bits per heavy atom. The van der Waals surface area contributed by atoms with Crippen molar-refractivity contribution in [1.29, 1.82) is 0 Å². The number of H-pyrrole nitrogens is 1. The van der Waals surface area contributed by atoms with E-state index in [1.165, 1.54) is 11.3 Å². The van der Waals surface area contributed by atoms with Crippen LogP contribution in [-0.2, 0) is 11.2 Å². The van der Waals surface area contributed by atoms with Gasteiger partial charge in [0.2, 0.25) is 5.78 Å². The summed E-state index contributed by atoms with van der Waals surface area (Å²) in [6.07, 6.45) is 2.48. The number of carbonyl (C=O) groups excluding carboxylic acids is 2. The van der Waals surface area contributed by atoms with Gasteiger partial charge < -0.3 is 19.7 Å². The van der Waals surface area contributed by atoms with E-state index in [4.69, 9.17) is 4.74 Å². The molecule has 1 atom stereocenters. The number of aliphatic hydroxyl groups is 1. The third kappa shape index (κ3) is 3.78. The molecule has 172 valence electrons. The van der Waals surface area contributed by atoms with Gasteiger partial charge in [-0.05, 0) is 54.1 Å². The fourth-order valence-corrected chi connectivity index (χ4v) is 5.16. The lowest BCUT2D eigenvalue weighted by Crippen LogP contribution is -2.33. The minimum atomic E-state index is -0.651. The Balaban J connectivity index is 1.50. The zero-order valence-electron chi connectivity index (χ0n) is 18.9. The molecule has 3 heterocycles. The number of amides is 1. The van der Waals surface area contributed by atoms with Gasteiger partial charge in [-0.1, -0.05) is 35.9 Å². The van der Waals surface area contributed by atoms with Gasteiger partial charge in [0.15, 0.2) is 5.76 Å². The van der Waals surface area contributed by atoms with Crippen LogP contribution in [0.4, 0.5) is 0 Å². The molecule has 1 amide bonds. The first-order valence-electron chi connectivity index (χ1n) is 11.0. The fraction of sp³-hybridized carbons (Fsp3) is 0.185. The first-order valence-corrected chi connectivity index (χ1v) is 11.9. The lowest BCUT2D eigenvalue weighted by atomic mass is 9.94. The molecule has 1 aliphatic rings. The highest BCUT2D eigenvalue weighted by atomic mass is 32.1. The Kier molecular flexibility index (Phi) is 5.71. The first-order chi connectivity index (χ1) is 16.5. The Labute approximate surface area is 201 Å². The van der Waals surface area contributed by atoms with Gasteiger partial charge in [0.1, 0.15) is 5.75 Å². The number of nitrogens with zero attached hydrogens (tertiary/aromatic N) is 1. The van der Waals surface area contributed by atoms with Crippen LogP contribution in [0.1, 0.15) is 32.4 Å². The summed E-state index contributed by atoms with van der Waals surface area (Å²) in [4.78, 5) is 31.9. The Morgan fingerprint density at radius 3 is 2.68 bits per heavy atom. The molecule has 2 aromatic heterocycles. The number of nitrogens with one attached hydrogen (secondary N) is 1. The summed E-state index contributed by atoms with van der Waals surface area (Å²) in [5.41, 5.74) is 4.02. The normalized spacial score (nSPS) is 16.0. The van der Waals surface area contributed by atoms with Crippen molar-refractivity contribution in [1.82, 2.24) is 9.88 Å². The van der Waals surface area contributed by atoms with Crippen LogP contribution in [0.2, 0.25) is 0 Å². The number of Topliss-reactive ketones (excluding diaryl/α,β-unsaturated/α-hetero) is 1. The minimum absolute atomic E-state index is 0.136. The number of fused-ring (bicyclic) bond motifs is 1. The van der Waals surface area contributed by atoms with E-state index in [9.17, 15) is 14.7 Å². The second-order valence-corrected chi connectivity index (χ2v) is 9.30. The zero-order valence-corrected chi connectivity index (χ0v) is 19.7. The van der Waals surface area contributed by atoms with Gasteiger partial charge in [-0.3, -0.25) is 9.59 Å². The minimum Gasteiger partial charge on any atom is -0.503 e. The molecule has 7 heteroatoms. The SMILES string of the molecule is COc1ccc2[nH]cc(CCN3C(=O)C(O)=C(C(=O)c4cccs4)C3c3ccc(C)cc3)c2c1. The molecule has 0 spiro atoms. The summed E-state index contributed by atoms with van der Waals surface area (Å²) in [5.74, 6) is -0.551. The molecule has 1 unspecified atom stereocenters. The Hall–Kier alpha value is -3.84. The average Bonchev–Trinajstić information content (AvgIpc) is 3.58. The number of aromatic nitrogens is 1. The monoisotopic (exact) mass is 472 g/mol. The second-order valence-electron chi connectivity index (χ2n) is 8.36. The molecule has 6 nitrogen and oxygen atoms in total. The maximum atomic E-state index is 13.3. The molecule has 0 bridgehead atoms. The Morgan fingerprint density at radius 1 is 1.18 bits per heavy atom. The van der Waals surface area contributed by atoms with Gasteiger partial charge in [-0.25, -0.2) is 0 Å². The van der Waals surface area contributed by atoms with Crippen LogP contribution in [0.3, 0.4) is 0 Å². The number of hydrogen-bond donors (Lipinski definition) is 2. The van der Waals surface area contributed by atoms with Crippen molar-refractivity contribution in [3.8, 4) is 5.75 Å². The molecule has 2 aromatic carbocycles. The summed E-state index contributed by atoms with van der Waals surface area (Å²) in [7, 11) is 1.63. The molecule has 0 radical (unpaired) electrons. The summed E-state index contributed by atoms with van der Waals surface area (Å²) < 4.78 is 5.36.